The molecule has 0 aliphatic carbocycles. The van der Waals surface area contributed by atoms with Gasteiger partial charge in [0, 0.05) is 24.8 Å². The molecular weight excluding hydrogens is 266 g/mol. The van der Waals surface area contributed by atoms with Gasteiger partial charge in [-0.1, -0.05) is 18.5 Å². The van der Waals surface area contributed by atoms with E-state index in [0.717, 1.165) is 5.69 Å². The second kappa shape index (κ2) is 7.09. The van der Waals surface area contributed by atoms with Crippen LogP contribution < -0.4 is 5.32 Å². The normalized spacial score (nSPS) is 10.1. The molecule has 6 heteroatoms. The Bertz CT molecular complexity index is 477. The van der Waals surface area contributed by atoms with Crippen molar-refractivity contribution >= 4 is 23.4 Å². The summed E-state index contributed by atoms with van der Waals surface area (Å²) in [6.07, 6.45) is 0.697. The van der Waals surface area contributed by atoms with Gasteiger partial charge in [-0.05, 0) is 25.5 Å². The van der Waals surface area contributed by atoms with E-state index < -0.39 is 0 Å². The van der Waals surface area contributed by atoms with Crippen molar-refractivity contribution in [3.8, 4) is 0 Å². The lowest BCUT2D eigenvalue weighted by atomic mass is 10.1. The third-order valence-corrected chi connectivity index (χ3v) is 2.93. The number of nitrogens with one attached hydrogen (secondary N) is 1. The van der Waals surface area contributed by atoms with Crippen LogP contribution in [0.3, 0.4) is 0 Å². The first-order chi connectivity index (χ1) is 9.01. The van der Waals surface area contributed by atoms with Crippen molar-refractivity contribution in [2.45, 2.75) is 20.3 Å². The Labute approximate surface area is 118 Å². The maximum absolute atomic E-state index is 12.3. The van der Waals surface area contributed by atoms with E-state index in [-0.39, 0.29) is 18.4 Å². The molecule has 19 heavy (non-hydrogen) atoms. The topological polar surface area (TPSA) is 62.3 Å². The summed E-state index contributed by atoms with van der Waals surface area (Å²) < 4.78 is 0. The van der Waals surface area contributed by atoms with Crippen LogP contribution in [-0.2, 0) is 11.2 Å². The van der Waals surface area contributed by atoms with Gasteiger partial charge >= 0.3 is 0 Å². The minimum atomic E-state index is -0.217. The van der Waals surface area contributed by atoms with Crippen molar-refractivity contribution in [3.63, 3.8) is 0 Å². The molecule has 0 radical (unpaired) electrons. The van der Waals surface area contributed by atoms with Crippen LogP contribution in [0, 0.1) is 0 Å². The number of aromatic nitrogens is 1. The van der Waals surface area contributed by atoms with Crippen molar-refractivity contribution in [2.24, 2.45) is 0 Å². The first-order valence-electron chi connectivity index (χ1n) is 6.18. The van der Waals surface area contributed by atoms with Crippen molar-refractivity contribution in [1.82, 2.24) is 15.2 Å². The number of carbonyl (C=O) groups excluding carboxylic acids is 2. The van der Waals surface area contributed by atoms with Gasteiger partial charge < -0.3 is 10.2 Å². The van der Waals surface area contributed by atoms with E-state index in [1.807, 2.05) is 13.8 Å². The molecule has 1 N–H and O–H groups in total. The standard InChI is InChI=1S/C13H18ClN3O2/c1-4-10-6-9(7-11(14)16-10)13(19)17(5-2)8-12(18)15-3/h6-7H,4-5,8H2,1-3H3,(H,15,18). The number of carbonyl (C=O) groups is 2. The largest absolute Gasteiger partial charge is 0.358 e. The fraction of sp³-hybridized carbons (Fsp3) is 0.462. The average molecular weight is 284 g/mol. The zero-order chi connectivity index (χ0) is 14.4. The Balaban J connectivity index is 2.96. The first-order valence-corrected chi connectivity index (χ1v) is 6.55. The summed E-state index contributed by atoms with van der Waals surface area (Å²) in [7, 11) is 1.54. The van der Waals surface area contributed by atoms with Gasteiger partial charge in [0.25, 0.3) is 5.91 Å². The molecule has 0 bridgehead atoms. The molecule has 104 valence electrons. The minimum Gasteiger partial charge on any atom is -0.358 e. The Morgan fingerprint density at radius 1 is 1.37 bits per heavy atom. The predicted molar refractivity (Wildman–Crippen MR) is 74.3 cm³/mol. The summed E-state index contributed by atoms with van der Waals surface area (Å²) in [4.78, 5) is 29.2. The van der Waals surface area contributed by atoms with Crippen LogP contribution in [0.2, 0.25) is 5.15 Å². The van der Waals surface area contributed by atoms with Crippen molar-refractivity contribution in [3.05, 3.63) is 28.5 Å². The van der Waals surface area contributed by atoms with E-state index in [0.29, 0.717) is 23.7 Å². The molecule has 1 aromatic rings. The maximum atomic E-state index is 12.3. The maximum Gasteiger partial charge on any atom is 0.254 e. The molecular formula is C13H18ClN3O2. The molecule has 0 aliphatic rings. The Hall–Kier alpha value is -1.62. The zero-order valence-corrected chi connectivity index (χ0v) is 12.1. The summed E-state index contributed by atoms with van der Waals surface area (Å²) in [5, 5.41) is 2.79. The van der Waals surface area contributed by atoms with Crippen molar-refractivity contribution in [2.75, 3.05) is 20.1 Å². The van der Waals surface area contributed by atoms with E-state index in [1.165, 1.54) is 11.0 Å². The number of hydrogen-bond donors (Lipinski definition) is 1. The van der Waals surface area contributed by atoms with Crippen molar-refractivity contribution in [1.29, 1.82) is 0 Å². The fourth-order valence-corrected chi connectivity index (χ4v) is 1.84. The minimum absolute atomic E-state index is 0.0350. The molecule has 0 aliphatic heterocycles. The van der Waals surface area contributed by atoms with E-state index in [1.54, 1.807) is 13.1 Å². The third-order valence-electron chi connectivity index (χ3n) is 2.74. The first kappa shape index (κ1) is 15.4. The molecule has 0 atom stereocenters. The number of pyridine rings is 1. The van der Waals surface area contributed by atoms with Gasteiger partial charge in [-0.3, -0.25) is 9.59 Å². The molecule has 0 saturated carbocycles. The highest BCUT2D eigenvalue weighted by atomic mass is 35.5. The van der Waals surface area contributed by atoms with Crippen LogP contribution >= 0.6 is 11.6 Å². The van der Waals surface area contributed by atoms with Crippen LogP contribution in [0.1, 0.15) is 29.9 Å². The van der Waals surface area contributed by atoms with Crippen LogP contribution in [-0.4, -0.2) is 41.8 Å². The Kier molecular flexibility index (Phi) is 5.76. The van der Waals surface area contributed by atoms with Gasteiger partial charge in [0.1, 0.15) is 5.15 Å². The highest BCUT2D eigenvalue weighted by Gasteiger charge is 2.18. The van der Waals surface area contributed by atoms with Gasteiger partial charge in [0.05, 0.1) is 6.54 Å². The Morgan fingerprint density at radius 2 is 2.05 bits per heavy atom. The molecule has 1 heterocycles. The molecule has 2 amide bonds. The lowest BCUT2D eigenvalue weighted by Gasteiger charge is -2.20. The van der Waals surface area contributed by atoms with Crippen LogP contribution in [0.5, 0.6) is 0 Å². The van der Waals surface area contributed by atoms with E-state index in [2.05, 4.69) is 10.3 Å². The van der Waals surface area contributed by atoms with Gasteiger partial charge in [-0.15, -0.1) is 0 Å². The summed E-state index contributed by atoms with van der Waals surface area (Å²) in [6.45, 7) is 4.25. The molecule has 0 saturated heterocycles. The SMILES string of the molecule is CCc1cc(C(=O)N(CC)CC(=O)NC)cc(Cl)n1. The monoisotopic (exact) mass is 283 g/mol. The molecule has 0 fully saturated rings. The van der Waals surface area contributed by atoms with Crippen LogP contribution in [0.4, 0.5) is 0 Å². The quantitative estimate of drug-likeness (QED) is 0.833. The summed E-state index contributed by atoms with van der Waals surface area (Å²) >= 11 is 5.89. The summed E-state index contributed by atoms with van der Waals surface area (Å²) in [5.74, 6) is -0.420. The van der Waals surface area contributed by atoms with Crippen LogP contribution in [0.25, 0.3) is 0 Å². The zero-order valence-electron chi connectivity index (χ0n) is 11.4. The molecule has 5 nitrogen and oxygen atoms in total. The smallest absolute Gasteiger partial charge is 0.254 e. The second-order valence-corrected chi connectivity index (χ2v) is 4.40. The van der Waals surface area contributed by atoms with E-state index in [4.69, 9.17) is 11.6 Å². The van der Waals surface area contributed by atoms with E-state index >= 15 is 0 Å². The number of nitrogens with zero attached hydrogens (tertiary/aromatic N) is 2. The average Bonchev–Trinajstić information content (AvgIpc) is 2.42. The van der Waals surface area contributed by atoms with Gasteiger partial charge in [0.15, 0.2) is 0 Å². The lowest BCUT2D eigenvalue weighted by Crippen LogP contribution is -2.39. The molecule has 0 aromatic carbocycles. The number of likely N-dealkylation sites (N-methyl/N-ethyl adjacent to an activating group) is 2. The second-order valence-electron chi connectivity index (χ2n) is 4.02. The van der Waals surface area contributed by atoms with Gasteiger partial charge in [-0.2, -0.15) is 0 Å². The molecule has 1 rings (SSSR count). The number of amides is 2. The highest BCUT2D eigenvalue weighted by molar-refractivity contribution is 6.29. The third kappa shape index (κ3) is 4.21. The van der Waals surface area contributed by atoms with Gasteiger partial charge in [0.2, 0.25) is 5.91 Å². The van der Waals surface area contributed by atoms with Crippen LogP contribution in [0.15, 0.2) is 12.1 Å². The molecule has 0 spiro atoms. The Morgan fingerprint density at radius 3 is 2.58 bits per heavy atom. The van der Waals surface area contributed by atoms with Gasteiger partial charge in [-0.25, -0.2) is 4.98 Å². The predicted octanol–water partition coefficient (Wildman–Crippen LogP) is 1.51. The lowest BCUT2D eigenvalue weighted by molar-refractivity contribution is -0.121. The fourth-order valence-electron chi connectivity index (χ4n) is 1.62. The van der Waals surface area contributed by atoms with E-state index in [9.17, 15) is 9.59 Å². The summed E-state index contributed by atoms with van der Waals surface area (Å²) in [6, 6.07) is 3.23. The van der Waals surface area contributed by atoms with Crippen molar-refractivity contribution < 1.29 is 9.59 Å². The summed E-state index contributed by atoms with van der Waals surface area (Å²) in [5.41, 5.74) is 1.22. The highest BCUT2D eigenvalue weighted by Crippen LogP contribution is 2.13. The molecule has 1 aromatic heterocycles. The molecule has 0 unspecified atom stereocenters. The number of hydrogen-bond acceptors (Lipinski definition) is 3. The number of halogens is 1. The number of rotatable bonds is 5. The number of aryl methyl sites for hydroxylation is 1.